The van der Waals surface area contributed by atoms with E-state index in [1.165, 1.54) is 0 Å². The van der Waals surface area contributed by atoms with Crippen LogP contribution in [0.4, 0.5) is 0 Å². The fraction of sp³-hybridized carbons (Fsp3) is 0.158. The molecule has 5 heteroatoms. The first kappa shape index (κ1) is 14.5. The number of aromatic nitrogens is 1. The van der Waals surface area contributed by atoms with Crippen LogP contribution in [0.5, 0.6) is 5.75 Å². The maximum atomic E-state index is 12.4. The Morgan fingerprint density at radius 3 is 2.42 bits per heavy atom. The number of ether oxygens (including phenoxy) is 1. The summed E-state index contributed by atoms with van der Waals surface area (Å²) in [7, 11) is 0. The van der Waals surface area contributed by atoms with Gasteiger partial charge in [-0.1, -0.05) is 53.7 Å². The van der Waals surface area contributed by atoms with Gasteiger partial charge in [-0.25, -0.2) is 0 Å². The third-order valence-corrected chi connectivity index (χ3v) is 3.97. The van der Waals surface area contributed by atoms with Gasteiger partial charge in [0.05, 0.1) is 13.1 Å². The Morgan fingerprint density at radius 2 is 1.71 bits per heavy atom. The van der Waals surface area contributed by atoms with Gasteiger partial charge < -0.3 is 14.2 Å². The lowest BCUT2D eigenvalue weighted by molar-refractivity contribution is 0.0170. The van der Waals surface area contributed by atoms with Crippen molar-refractivity contribution < 1.29 is 14.1 Å². The van der Waals surface area contributed by atoms with E-state index in [-0.39, 0.29) is 12.0 Å². The van der Waals surface area contributed by atoms with Gasteiger partial charge in [0.25, 0.3) is 5.91 Å². The number of nitrogens with zero attached hydrogens (tertiary/aromatic N) is 2. The number of likely N-dealkylation sites (tertiary alicyclic amines) is 1. The zero-order valence-corrected chi connectivity index (χ0v) is 13.0. The normalized spacial score (nSPS) is 14.2. The topological polar surface area (TPSA) is 55.6 Å². The molecule has 1 aliphatic rings. The second-order valence-electron chi connectivity index (χ2n) is 5.71. The van der Waals surface area contributed by atoms with E-state index < -0.39 is 0 Å². The summed E-state index contributed by atoms with van der Waals surface area (Å²) in [6, 6.07) is 20.9. The van der Waals surface area contributed by atoms with Crippen LogP contribution < -0.4 is 4.74 Å². The molecule has 4 rings (SSSR count). The van der Waals surface area contributed by atoms with Crippen molar-refractivity contribution in [2.24, 2.45) is 0 Å². The van der Waals surface area contributed by atoms with Gasteiger partial charge in [0.15, 0.2) is 11.5 Å². The number of rotatable bonds is 4. The average Bonchev–Trinajstić information content (AvgIpc) is 3.09. The minimum absolute atomic E-state index is 0.0249. The quantitative estimate of drug-likeness (QED) is 0.740. The smallest absolute Gasteiger partial charge is 0.276 e. The van der Waals surface area contributed by atoms with Gasteiger partial charge in [-0.15, -0.1) is 0 Å². The molecule has 0 unspecified atom stereocenters. The van der Waals surface area contributed by atoms with Crippen molar-refractivity contribution in [3.8, 4) is 17.1 Å². The molecule has 1 amide bonds. The Balaban J connectivity index is 1.37. The Hall–Kier alpha value is -3.08. The van der Waals surface area contributed by atoms with Crippen molar-refractivity contribution in [2.75, 3.05) is 13.1 Å². The van der Waals surface area contributed by atoms with Crippen molar-refractivity contribution >= 4 is 5.91 Å². The van der Waals surface area contributed by atoms with Crippen LogP contribution in [-0.2, 0) is 0 Å². The Morgan fingerprint density at radius 1 is 1.04 bits per heavy atom. The third kappa shape index (κ3) is 2.88. The van der Waals surface area contributed by atoms with Crippen LogP contribution in [0.2, 0.25) is 0 Å². The van der Waals surface area contributed by atoms with Gasteiger partial charge in [-0.05, 0) is 12.1 Å². The van der Waals surface area contributed by atoms with Gasteiger partial charge in [-0.2, -0.15) is 0 Å². The minimum Gasteiger partial charge on any atom is -0.487 e. The number of benzene rings is 2. The molecule has 1 saturated heterocycles. The fourth-order valence-corrected chi connectivity index (χ4v) is 2.65. The summed E-state index contributed by atoms with van der Waals surface area (Å²) in [4.78, 5) is 14.1. The molecule has 1 aromatic heterocycles. The van der Waals surface area contributed by atoms with Crippen LogP contribution >= 0.6 is 0 Å². The minimum atomic E-state index is -0.131. The predicted molar refractivity (Wildman–Crippen MR) is 88.7 cm³/mol. The van der Waals surface area contributed by atoms with Crippen LogP contribution in [0.1, 0.15) is 10.5 Å². The monoisotopic (exact) mass is 320 g/mol. The lowest BCUT2D eigenvalue weighted by atomic mass is 10.1. The van der Waals surface area contributed by atoms with Gasteiger partial charge in [0.2, 0.25) is 0 Å². The van der Waals surface area contributed by atoms with E-state index in [1.54, 1.807) is 11.0 Å². The van der Waals surface area contributed by atoms with E-state index in [0.717, 1.165) is 11.3 Å². The maximum Gasteiger partial charge on any atom is 0.276 e. The molecule has 0 aliphatic carbocycles. The molecule has 5 nitrogen and oxygen atoms in total. The standard InChI is InChI=1S/C19H16N2O3/c22-19(17-11-18(24-20-17)14-7-3-1-4-8-14)21-12-16(13-21)23-15-9-5-2-6-10-15/h1-11,16H,12-13H2. The molecule has 3 aromatic rings. The number of hydrogen-bond acceptors (Lipinski definition) is 4. The van der Waals surface area contributed by atoms with Gasteiger partial charge in [-0.3, -0.25) is 4.79 Å². The molecule has 2 aromatic carbocycles. The van der Waals surface area contributed by atoms with Crippen molar-refractivity contribution in [3.63, 3.8) is 0 Å². The first-order chi connectivity index (χ1) is 11.8. The number of amides is 1. The molecule has 0 bridgehead atoms. The highest BCUT2D eigenvalue weighted by molar-refractivity contribution is 5.93. The zero-order valence-electron chi connectivity index (χ0n) is 13.0. The summed E-state index contributed by atoms with van der Waals surface area (Å²) in [5, 5.41) is 3.90. The second-order valence-corrected chi connectivity index (χ2v) is 5.71. The zero-order chi connectivity index (χ0) is 16.4. The van der Waals surface area contributed by atoms with E-state index in [4.69, 9.17) is 9.26 Å². The van der Waals surface area contributed by atoms with Crippen molar-refractivity contribution in [1.82, 2.24) is 10.1 Å². The average molecular weight is 320 g/mol. The first-order valence-corrected chi connectivity index (χ1v) is 7.83. The highest BCUT2D eigenvalue weighted by atomic mass is 16.5. The largest absolute Gasteiger partial charge is 0.487 e. The Bertz CT molecular complexity index is 824. The molecule has 0 spiro atoms. The Labute approximate surface area is 139 Å². The summed E-state index contributed by atoms with van der Waals surface area (Å²) < 4.78 is 11.1. The van der Waals surface area contributed by atoms with E-state index in [0.29, 0.717) is 24.5 Å². The first-order valence-electron chi connectivity index (χ1n) is 7.83. The molecule has 0 saturated carbocycles. The molecule has 1 aliphatic heterocycles. The summed E-state index contributed by atoms with van der Waals surface area (Å²) in [5.41, 5.74) is 1.23. The van der Waals surface area contributed by atoms with Crippen LogP contribution in [0.25, 0.3) is 11.3 Å². The summed E-state index contributed by atoms with van der Waals surface area (Å²) in [6.45, 7) is 1.11. The summed E-state index contributed by atoms with van der Waals surface area (Å²) in [6.07, 6.45) is 0.0249. The fourth-order valence-electron chi connectivity index (χ4n) is 2.65. The number of carbonyl (C=O) groups is 1. The van der Waals surface area contributed by atoms with Crippen LogP contribution in [0.15, 0.2) is 71.3 Å². The molecule has 120 valence electrons. The number of hydrogen-bond donors (Lipinski definition) is 0. The van der Waals surface area contributed by atoms with Crippen molar-refractivity contribution in [2.45, 2.75) is 6.10 Å². The third-order valence-electron chi connectivity index (χ3n) is 3.97. The van der Waals surface area contributed by atoms with E-state index in [9.17, 15) is 4.79 Å². The SMILES string of the molecule is O=C(c1cc(-c2ccccc2)on1)N1CC(Oc2ccccc2)C1. The van der Waals surface area contributed by atoms with E-state index in [1.807, 2.05) is 60.7 Å². The van der Waals surface area contributed by atoms with Crippen molar-refractivity contribution in [1.29, 1.82) is 0 Å². The molecular formula is C19H16N2O3. The molecule has 0 atom stereocenters. The molecule has 0 radical (unpaired) electrons. The van der Waals surface area contributed by atoms with Crippen LogP contribution in [-0.4, -0.2) is 35.2 Å². The van der Waals surface area contributed by atoms with Crippen molar-refractivity contribution in [3.05, 3.63) is 72.4 Å². The van der Waals surface area contributed by atoms with Crippen LogP contribution in [0.3, 0.4) is 0 Å². The van der Waals surface area contributed by atoms with Gasteiger partial charge >= 0.3 is 0 Å². The Kier molecular flexibility index (Phi) is 3.75. The lowest BCUT2D eigenvalue weighted by Crippen LogP contribution is -2.56. The number of carbonyl (C=O) groups excluding carboxylic acids is 1. The number of para-hydroxylation sites is 1. The predicted octanol–water partition coefficient (Wildman–Crippen LogP) is 3.25. The molecule has 24 heavy (non-hydrogen) atoms. The van der Waals surface area contributed by atoms with Crippen LogP contribution in [0, 0.1) is 0 Å². The highest BCUT2D eigenvalue weighted by Crippen LogP contribution is 2.23. The molecule has 0 N–H and O–H groups in total. The lowest BCUT2D eigenvalue weighted by Gasteiger charge is -2.38. The maximum absolute atomic E-state index is 12.4. The summed E-state index contributed by atoms with van der Waals surface area (Å²) in [5.74, 6) is 1.29. The second kappa shape index (κ2) is 6.20. The highest BCUT2D eigenvalue weighted by Gasteiger charge is 2.34. The molecule has 1 fully saturated rings. The van der Waals surface area contributed by atoms with Gasteiger partial charge in [0, 0.05) is 11.6 Å². The van der Waals surface area contributed by atoms with E-state index in [2.05, 4.69) is 5.16 Å². The van der Waals surface area contributed by atoms with Gasteiger partial charge in [0.1, 0.15) is 11.9 Å². The van der Waals surface area contributed by atoms with E-state index >= 15 is 0 Å². The molecule has 2 heterocycles. The summed E-state index contributed by atoms with van der Waals surface area (Å²) >= 11 is 0. The molecular weight excluding hydrogens is 304 g/mol.